The quantitative estimate of drug-likeness (QED) is 0.698. The second kappa shape index (κ2) is 6.84. The van der Waals surface area contributed by atoms with E-state index in [4.69, 9.17) is 0 Å². The number of hydrogen-bond donors (Lipinski definition) is 2. The van der Waals surface area contributed by atoms with Gasteiger partial charge in [0.05, 0.1) is 16.3 Å². The Morgan fingerprint density at radius 1 is 1.17 bits per heavy atom. The predicted octanol–water partition coefficient (Wildman–Crippen LogP) is 2.26. The number of nitrogens with one attached hydrogen (secondary N) is 2. The molecule has 0 bridgehead atoms. The van der Waals surface area contributed by atoms with Crippen LogP contribution in [0.5, 0.6) is 0 Å². The summed E-state index contributed by atoms with van der Waals surface area (Å²) in [5, 5.41) is 11.0. The molecule has 2 heterocycles. The van der Waals surface area contributed by atoms with E-state index in [1.807, 2.05) is 48.0 Å². The monoisotopic (exact) mass is 342 g/mol. The lowest BCUT2D eigenvalue weighted by Gasteiger charge is -2.04. The van der Waals surface area contributed by atoms with Crippen molar-refractivity contribution >= 4 is 33.4 Å². The van der Waals surface area contributed by atoms with E-state index in [9.17, 15) is 9.59 Å². The molecule has 0 spiro atoms. The standard InChI is InChI=1S/C17H18N4O2S/c1-11-14-10-15(16(23)19-9-8-18-12(2)22)24-17(14)21(20-11)13-6-4-3-5-7-13/h3-7,10H,8-9H2,1-2H3,(H,18,22)(H,19,23). The highest BCUT2D eigenvalue weighted by molar-refractivity contribution is 7.20. The molecule has 0 saturated heterocycles. The van der Waals surface area contributed by atoms with Gasteiger partial charge >= 0.3 is 0 Å². The van der Waals surface area contributed by atoms with Gasteiger partial charge in [0, 0.05) is 25.4 Å². The van der Waals surface area contributed by atoms with Gasteiger partial charge in [0.1, 0.15) is 4.83 Å². The van der Waals surface area contributed by atoms with Gasteiger partial charge in [-0.25, -0.2) is 4.68 Å². The number of benzene rings is 1. The topological polar surface area (TPSA) is 76.0 Å². The number of thiophene rings is 1. The smallest absolute Gasteiger partial charge is 0.261 e. The normalized spacial score (nSPS) is 10.8. The van der Waals surface area contributed by atoms with E-state index in [0.717, 1.165) is 21.6 Å². The van der Waals surface area contributed by atoms with E-state index in [2.05, 4.69) is 15.7 Å². The van der Waals surface area contributed by atoms with Crippen molar-refractivity contribution in [2.75, 3.05) is 13.1 Å². The third-order valence-electron chi connectivity index (χ3n) is 3.55. The molecule has 124 valence electrons. The number of fused-ring (bicyclic) bond motifs is 1. The highest BCUT2D eigenvalue weighted by atomic mass is 32.1. The van der Waals surface area contributed by atoms with Crippen molar-refractivity contribution < 1.29 is 9.59 Å². The summed E-state index contributed by atoms with van der Waals surface area (Å²) in [7, 11) is 0. The third kappa shape index (κ3) is 3.30. The van der Waals surface area contributed by atoms with Crippen molar-refractivity contribution in [3.05, 3.63) is 47.0 Å². The fraction of sp³-hybridized carbons (Fsp3) is 0.235. The van der Waals surface area contributed by atoms with Crippen LogP contribution >= 0.6 is 11.3 Å². The van der Waals surface area contributed by atoms with Crippen molar-refractivity contribution in [2.45, 2.75) is 13.8 Å². The molecule has 3 rings (SSSR count). The maximum Gasteiger partial charge on any atom is 0.261 e. The van der Waals surface area contributed by atoms with E-state index in [1.54, 1.807) is 0 Å². The summed E-state index contributed by atoms with van der Waals surface area (Å²) in [6, 6.07) is 11.7. The largest absolute Gasteiger partial charge is 0.355 e. The first-order valence-corrected chi connectivity index (χ1v) is 8.45. The molecule has 7 heteroatoms. The van der Waals surface area contributed by atoms with Crippen LogP contribution in [0.15, 0.2) is 36.4 Å². The summed E-state index contributed by atoms with van der Waals surface area (Å²) >= 11 is 1.41. The van der Waals surface area contributed by atoms with Crippen molar-refractivity contribution in [3.63, 3.8) is 0 Å². The summed E-state index contributed by atoms with van der Waals surface area (Å²) in [6.07, 6.45) is 0. The number of carbonyl (C=O) groups is 2. The van der Waals surface area contributed by atoms with E-state index >= 15 is 0 Å². The van der Waals surface area contributed by atoms with Crippen molar-refractivity contribution in [2.24, 2.45) is 0 Å². The fourth-order valence-corrected chi connectivity index (χ4v) is 3.50. The molecule has 0 aliphatic heterocycles. The molecular weight excluding hydrogens is 324 g/mol. The molecule has 0 unspecified atom stereocenters. The van der Waals surface area contributed by atoms with Crippen LogP contribution in [0.3, 0.4) is 0 Å². The van der Waals surface area contributed by atoms with Crippen LogP contribution in [-0.4, -0.2) is 34.7 Å². The van der Waals surface area contributed by atoms with E-state index in [-0.39, 0.29) is 11.8 Å². The van der Waals surface area contributed by atoms with E-state index < -0.39 is 0 Å². The Hall–Kier alpha value is -2.67. The SMILES string of the molecule is CC(=O)NCCNC(=O)c1cc2c(C)nn(-c3ccccc3)c2s1. The van der Waals surface area contributed by atoms with Gasteiger partial charge in [-0.15, -0.1) is 11.3 Å². The molecule has 2 N–H and O–H groups in total. The minimum Gasteiger partial charge on any atom is -0.355 e. The number of aryl methyl sites for hydroxylation is 1. The maximum atomic E-state index is 12.3. The van der Waals surface area contributed by atoms with Gasteiger partial charge in [-0.2, -0.15) is 5.10 Å². The molecule has 0 aliphatic rings. The lowest BCUT2D eigenvalue weighted by atomic mass is 10.3. The number of hydrogen-bond acceptors (Lipinski definition) is 4. The molecule has 24 heavy (non-hydrogen) atoms. The zero-order valence-electron chi connectivity index (χ0n) is 13.5. The number of nitrogens with zero attached hydrogens (tertiary/aromatic N) is 2. The fourth-order valence-electron chi connectivity index (χ4n) is 2.40. The van der Waals surface area contributed by atoms with Crippen LogP contribution in [-0.2, 0) is 4.79 Å². The second-order valence-electron chi connectivity index (χ2n) is 5.40. The number of rotatable bonds is 5. The Labute approximate surface area is 143 Å². The highest BCUT2D eigenvalue weighted by Gasteiger charge is 2.16. The molecule has 0 saturated carbocycles. The summed E-state index contributed by atoms with van der Waals surface area (Å²) in [6.45, 7) is 4.21. The summed E-state index contributed by atoms with van der Waals surface area (Å²) in [5.74, 6) is -0.245. The molecule has 0 atom stereocenters. The summed E-state index contributed by atoms with van der Waals surface area (Å²) in [5.41, 5.74) is 1.86. The molecule has 0 aliphatic carbocycles. The van der Waals surface area contributed by atoms with Gasteiger partial charge in [0.2, 0.25) is 5.91 Å². The molecule has 1 aromatic carbocycles. The van der Waals surface area contributed by atoms with E-state index in [1.165, 1.54) is 18.3 Å². The predicted molar refractivity (Wildman–Crippen MR) is 94.7 cm³/mol. The van der Waals surface area contributed by atoms with Gasteiger partial charge in [0.25, 0.3) is 5.91 Å². The van der Waals surface area contributed by atoms with Crippen LogP contribution in [0.4, 0.5) is 0 Å². The number of amides is 2. The summed E-state index contributed by atoms with van der Waals surface area (Å²) < 4.78 is 1.86. The minimum atomic E-state index is -0.138. The molecule has 2 aromatic heterocycles. The zero-order chi connectivity index (χ0) is 17.1. The molecule has 2 amide bonds. The first kappa shape index (κ1) is 16.2. The first-order valence-electron chi connectivity index (χ1n) is 7.63. The number of carbonyl (C=O) groups excluding carboxylic acids is 2. The Morgan fingerprint density at radius 3 is 2.58 bits per heavy atom. The van der Waals surface area contributed by atoms with Crippen LogP contribution < -0.4 is 10.6 Å². The van der Waals surface area contributed by atoms with Crippen molar-refractivity contribution in [1.29, 1.82) is 0 Å². The Balaban J connectivity index is 1.81. The third-order valence-corrected chi connectivity index (χ3v) is 4.66. The summed E-state index contributed by atoms with van der Waals surface area (Å²) in [4.78, 5) is 24.7. The van der Waals surface area contributed by atoms with Gasteiger partial charge in [-0.05, 0) is 25.1 Å². The van der Waals surface area contributed by atoms with Crippen molar-refractivity contribution in [3.8, 4) is 5.69 Å². The van der Waals surface area contributed by atoms with Gasteiger partial charge < -0.3 is 10.6 Å². The second-order valence-corrected chi connectivity index (χ2v) is 6.43. The Bertz CT molecular complexity index is 883. The van der Waals surface area contributed by atoms with Gasteiger partial charge in [-0.1, -0.05) is 18.2 Å². The van der Waals surface area contributed by atoms with Gasteiger partial charge in [-0.3, -0.25) is 9.59 Å². The lowest BCUT2D eigenvalue weighted by molar-refractivity contribution is -0.118. The molecule has 0 fully saturated rings. The van der Waals surface area contributed by atoms with Gasteiger partial charge in [0.15, 0.2) is 0 Å². The Morgan fingerprint density at radius 2 is 1.88 bits per heavy atom. The average molecular weight is 342 g/mol. The zero-order valence-corrected chi connectivity index (χ0v) is 14.3. The molecule has 0 radical (unpaired) electrons. The minimum absolute atomic E-state index is 0.107. The molecular formula is C17H18N4O2S. The van der Waals surface area contributed by atoms with Crippen LogP contribution in [0.2, 0.25) is 0 Å². The van der Waals surface area contributed by atoms with Crippen LogP contribution in [0.25, 0.3) is 15.9 Å². The molecule has 3 aromatic rings. The van der Waals surface area contributed by atoms with Crippen LogP contribution in [0.1, 0.15) is 22.3 Å². The van der Waals surface area contributed by atoms with E-state index in [0.29, 0.717) is 18.0 Å². The average Bonchev–Trinajstić information content (AvgIpc) is 3.13. The maximum absolute atomic E-state index is 12.3. The first-order chi connectivity index (χ1) is 11.6. The van der Waals surface area contributed by atoms with Crippen molar-refractivity contribution in [1.82, 2.24) is 20.4 Å². The highest BCUT2D eigenvalue weighted by Crippen LogP contribution is 2.30. The number of para-hydroxylation sites is 1. The lowest BCUT2D eigenvalue weighted by Crippen LogP contribution is -2.33. The molecule has 6 nitrogen and oxygen atoms in total. The Kier molecular flexibility index (Phi) is 4.61. The van der Waals surface area contributed by atoms with Crippen LogP contribution in [0, 0.1) is 6.92 Å². The number of aromatic nitrogens is 2.